The van der Waals surface area contributed by atoms with Crippen LogP contribution in [0.4, 0.5) is 5.69 Å². The van der Waals surface area contributed by atoms with Crippen molar-refractivity contribution in [2.24, 2.45) is 0 Å². The predicted molar refractivity (Wildman–Crippen MR) is 97.3 cm³/mol. The first-order chi connectivity index (χ1) is 12.3. The number of benzene rings is 2. The number of carbonyl (C=O) groups is 2. The fourth-order valence-electron chi connectivity index (χ4n) is 2.09. The molecular formula is C18H20N2O5S. The summed E-state index contributed by atoms with van der Waals surface area (Å²) in [4.78, 5) is 23.7. The molecule has 1 amide bonds. The summed E-state index contributed by atoms with van der Waals surface area (Å²) in [5.41, 5.74) is 0.589. The Morgan fingerprint density at radius 1 is 1.04 bits per heavy atom. The van der Waals surface area contributed by atoms with Crippen LogP contribution in [0, 0.1) is 0 Å². The number of hydrogen-bond acceptors (Lipinski definition) is 5. The highest BCUT2D eigenvalue weighted by molar-refractivity contribution is 7.92. The zero-order valence-electron chi connectivity index (χ0n) is 14.4. The van der Waals surface area contributed by atoms with Gasteiger partial charge in [-0.15, -0.1) is 0 Å². The molecule has 0 radical (unpaired) electrons. The van der Waals surface area contributed by atoms with E-state index in [9.17, 15) is 18.0 Å². The van der Waals surface area contributed by atoms with Crippen molar-refractivity contribution in [2.45, 2.75) is 24.8 Å². The van der Waals surface area contributed by atoms with E-state index in [1.165, 1.54) is 31.2 Å². The van der Waals surface area contributed by atoms with Crippen molar-refractivity contribution in [3.05, 3.63) is 60.2 Å². The van der Waals surface area contributed by atoms with Crippen LogP contribution >= 0.6 is 0 Å². The Hall–Kier alpha value is -2.87. The van der Waals surface area contributed by atoms with Crippen molar-refractivity contribution in [1.29, 1.82) is 0 Å². The highest BCUT2D eigenvalue weighted by atomic mass is 32.2. The first kappa shape index (κ1) is 19.5. The van der Waals surface area contributed by atoms with Gasteiger partial charge in [0, 0.05) is 12.2 Å². The fraction of sp³-hybridized carbons (Fsp3) is 0.222. The van der Waals surface area contributed by atoms with Gasteiger partial charge in [0.2, 0.25) is 0 Å². The van der Waals surface area contributed by atoms with Gasteiger partial charge in [0.1, 0.15) is 0 Å². The van der Waals surface area contributed by atoms with Gasteiger partial charge < -0.3 is 10.1 Å². The number of likely N-dealkylation sites (N-methyl/N-ethyl adjacent to an activating group) is 1. The molecule has 26 heavy (non-hydrogen) atoms. The maximum Gasteiger partial charge on any atom is 0.338 e. The number of anilines is 1. The van der Waals surface area contributed by atoms with Gasteiger partial charge in [-0.2, -0.15) is 0 Å². The SMILES string of the molecule is CCNC(=O)[C@H](C)OC(=O)c1ccc(S(=O)(=O)Nc2ccccc2)cc1. The van der Waals surface area contributed by atoms with E-state index in [4.69, 9.17) is 4.74 Å². The summed E-state index contributed by atoms with van der Waals surface area (Å²) in [6.45, 7) is 3.66. The maximum atomic E-state index is 12.3. The average Bonchev–Trinajstić information content (AvgIpc) is 2.62. The monoisotopic (exact) mass is 376 g/mol. The number of ether oxygens (including phenoxy) is 1. The molecule has 2 aromatic rings. The van der Waals surface area contributed by atoms with E-state index in [1.54, 1.807) is 37.3 Å². The molecule has 0 saturated carbocycles. The van der Waals surface area contributed by atoms with Gasteiger partial charge in [0.05, 0.1) is 10.5 Å². The van der Waals surface area contributed by atoms with Gasteiger partial charge >= 0.3 is 5.97 Å². The van der Waals surface area contributed by atoms with Crippen LogP contribution in [0.15, 0.2) is 59.5 Å². The van der Waals surface area contributed by atoms with Crippen molar-refractivity contribution in [2.75, 3.05) is 11.3 Å². The number of carbonyl (C=O) groups excluding carboxylic acids is 2. The van der Waals surface area contributed by atoms with E-state index < -0.39 is 28.0 Å². The lowest BCUT2D eigenvalue weighted by atomic mass is 10.2. The number of esters is 1. The van der Waals surface area contributed by atoms with Crippen LogP contribution in [-0.4, -0.2) is 32.9 Å². The molecule has 1 atom stereocenters. The van der Waals surface area contributed by atoms with Crippen molar-refractivity contribution < 1.29 is 22.7 Å². The third kappa shape index (κ3) is 5.06. The summed E-state index contributed by atoms with van der Waals surface area (Å²) in [5.74, 6) is -1.10. The number of para-hydroxylation sites is 1. The molecule has 138 valence electrons. The topological polar surface area (TPSA) is 102 Å². The van der Waals surface area contributed by atoms with Crippen LogP contribution in [0.1, 0.15) is 24.2 Å². The summed E-state index contributed by atoms with van der Waals surface area (Å²) < 4.78 is 32.2. The Kier molecular flexibility index (Phi) is 6.35. The van der Waals surface area contributed by atoms with E-state index in [1.807, 2.05) is 0 Å². The second kappa shape index (κ2) is 8.48. The van der Waals surface area contributed by atoms with E-state index >= 15 is 0 Å². The first-order valence-corrected chi connectivity index (χ1v) is 9.48. The molecule has 0 aliphatic carbocycles. The number of hydrogen-bond donors (Lipinski definition) is 2. The van der Waals surface area contributed by atoms with Crippen LogP contribution in [0.25, 0.3) is 0 Å². The van der Waals surface area contributed by atoms with Crippen molar-refractivity contribution in [3.8, 4) is 0 Å². The number of amides is 1. The van der Waals surface area contributed by atoms with Crippen LogP contribution in [0.2, 0.25) is 0 Å². The minimum absolute atomic E-state index is 0.00896. The van der Waals surface area contributed by atoms with Crippen molar-refractivity contribution in [1.82, 2.24) is 5.32 Å². The highest BCUT2D eigenvalue weighted by Crippen LogP contribution is 2.17. The molecule has 0 aliphatic heterocycles. The normalized spacial score (nSPS) is 12.1. The molecule has 0 heterocycles. The van der Waals surface area contributed by atoms with E-state index in [-0.39, 0.29) is 10.5 Å². The molecule has 8 heteroatoms. The second-order valence-corrected chi connectivity index (χ2v) is 7.12. The average molecular weight is 376 g/mol. The number of nitrogens with one attached hydrogen (secondary N) is 2. The molecule has 0 aliphatic rings. The summed E-state index contributed by atoms with van der Waals surface area (Å²) in [5, 5.41) is 2.55. The van der Waals surface area contributed by atoms with Gasteiger partial charge in [-0.3, -0.25) is 9.52 Å². The maximum absolute atomic E-state index is 12.3. The highest BCUT2D eigenvalue weighted by Gasteiger charge is 2.19. The van der Waals surface area contributed by atoms with Crippen LogP contribution < -0.4 is 10.0 Å². The Labute approximate surface area is 152 Å². The molecule has 2 N–H and O–H groups in total. The largest absolute Gasteiger partial charge is 0.449 e. The smallest absolute Gasteiger partial charge is 0.338 e. The van der Waals surface area contributed by atoms with E-state index in [2.05, 4.69) is 10.0 Å². The molecular weight excluding hydrogens is 356 g/mol. The molecule has 0 unspecified atom stereocenters. The van der Waals surface area contributed by atoms with Gasteiger partial charge in [0.15, 0.2) is 6.10 Å². The fourth-order valence-corrected chi connectivity index (χ4v) is 3.15. The van der Waals surface area contributed by atoms with Crippen molar-refractivity contribution in [3.63, 3.8) is 0 Å². The molecule has 7 nitrogen and oxygen atoms in total. The Morgan fingerprint density at radius 2 is 1.65 bits per heavy atom. The van der Waals surface area contributed by atoms with Gasteiger partial charge in [0.25, 0.3) is 15.9 Å². The van der Waals surface area contributed by atoms with Crippen LogP contribution in [0.3, 0.4) is 0 Å². The molecule has 0 bridgehead atoms. The molecule has 0 saturated heterocycles. The zero-order chi connectivity index (χ0) is 19.2. The van der Waals surface area contributed by atoms with E-state index in [0.717, 1.165) is 0 Å². The van der Waals surface area contributed by atoms with E-state index in [0.29, 0.717) is 12.2 Å². The lowest BCUT2D eigenvalue weighted by Gasteiger charge is -2.13. The predicted octanol–water partition coefficient (Wildman–Crippen LogP) is 2.17. The standard InChI is InChI=1S/C18H20N2O5S/c1-3-19-17(21)13(2)25-18(22)14-9-11-16(12-10-14)26(23,24)20-15-7-5-4-6-8-15/h4-13,20H,3H2,1-2H3,(H,19,21)/t13-/m0/s1. The summed E-state index contributed by atoms with van der Waals surface area (Å²) in [7, 11) is -3.77. The quantitative estimate of drug-likeness (QED) is 0.721. The third-order valence-electron chi connectivity index (χ3n) is 3.43. The Bertz CT molecular complexity index is 864. The van der Waals surface area contributed by atoms with Gasteiger partial charge in [-0.05, 0) is 50.2 Å². The number of rotatable bonds is 7. The summed E-state index contributed by atoms with van der Waals surface area (Å²) in [6, 6.07) is 13.8. The van der Waals surface area contributed by atoms with Gasteiger partial charge in [-0.1, -0.05) is 18.2 Å². The second-order valence-electron chi connectivity index (χ2n) is 5.44. The Balaban J connectivity index is 2.07. The summed E-state index contributed by atoms with van der Waals surface area (Å²) in [6.07, 6.45) is -0.939. The van der Waals surface area contributed by atoms with Crippen LogP contribution in [0.5, 0.6) is 0 Å². The van der Waals surface area contributed by atoms with Crippen LogP contribution in [-0.2, 0) is 19.6 Å². The molecule has 2 rings (SSSR count). The molecule has 0 fully saturated rings. The molecule has 2 aromatic carbocycles. The zero-order valence-corrected chi connectivity index (χ0v) is 15.2. The summed E-state index contributed by atoms with van der Waals surface area (Å²) >= 11 is 0. The third-order valence-corrected chi connectivity index (χ3v) is 4.83. The minimum Gasteiger partial charge on any atom is -0.449 e. The molecule has 0 spiro atoms. The lowest BCUT2D eigenvalue weighted by Crippen LogP contribution is -2.35. The number of sulfonamides is 1. The van der Waals surface area contributed by atoms with Crippen molar-refractivity contribution >= 4 is 27.6 Å². The minimum atomic E-state index is -3.77. The lowest BCUT2D eigenvalue weighted by molar-refractivity contribution is -0.128. The molecule has 0 aromatic heterocycles. The first-order valence-electron chi connectivity index (χ1n) is 8.00. The Morgan fingerprint density at radius 3 is 2.23 bits per heavy atom. The van der Waals surface area contributed by atoms with Gasteiger partial charge in [-0.25, -0.2) is 13.2 Å².